The van der Waals surface area contributed by atoms with E-state index in [1.54, 1.807) is 0 Å². The number of carbonyl (C=O) groups excluding carboxylic acids is 1. The molecule has 0 aromatic carbocycles. The van der Waals surface area contributed by atoms with E-state index in [1.807, 2.05) is 0 Å². The van der Waals surface area contributed by atoms with Crippen molar-refractivity contribution in [2.24, 2.45) is 5.92 Å². The average molecular weight is 181 g/mol. The van der Waals surface area contributed by atoms with Crippen molar-refractivity contribution in [3.8, 4) is 0 Å². The first-order valence-electron chi connectivity index (χ1n) is 5.52. The summed E-state index contributed by atoms with van der Waals surface area (Å²) in [4.78, 5) is 14.1. The van der Waals surface area contributed by atoms with Gasteiger partial charge in [0.2, 0.25) is 0 Å². The summed E-state index contributed by atoms with van der Waals surface area (Å²) < 4.78 is 0. The summed E-state index contributed by atoms with van der Waals surface area (Å²) in [6.45, 7) is 1.19. The fourth-order valence-corrected chi connectivity index (χ4v) is 2.86. The van der Waals surface area contributed by atoms with Crippen LogP contribution in [0.3, 0.4) is 0 Å². The maximum atomic E-state index is 11.7. The molecule has 1 aliphatic carbocycles. The minimum Gasteiger partial charge on any atom is -0.303 e. The van der Waals surface area contributed by atoms with Crippen molar-refractivity contribution in [2.45, 2.75) is 44.6 Å². The second-order valence-corrected chi connectivity index (χ2v) is 4.51. The Morgan fingerprint density at radius 2 is 2.08 bits per heavy atom. The maximum Gasteiger partial charge on any atom is 0.137 e. The normalized spacial score (nSPS) is 36.8. The zero-order valence-electron chi connectivity index (χ0n) is 8.46. The number of ketones is 1. The number of Topliss-reactive ketones (excluding diaryl/α,β-unsaturated/α-hetero) is 1. The zero-order valence-corrected chi connectivity index (χ0v) is 8.46. The number of likely N-dealkylation sites (tertiary alicyclic amines) is 1. The van der Waals surface area contributed by atoms with Gasteiger partial charge in [-0.2, -0.15) is 0 Å². The molecule has 2 rings (SSSR count). The van der Waals surface area contributed by atoms with Gasteiger partial charge in [0, 0.05) is 18.4 Å². The van der Waals surface area contributed by atoms with Gasteiger partial charge in [-0.25, -0.2) is 0 Å². The van der Waals surface area contributed by atoms with Crippen LogP contribution in [0.25, 0.3) is 0 Å². The van der Waals surface area contributed by atoms with E-state index >= 15 is 0 Å². The molecule has 74 valence electrons. The van der Waals surface area contributed by atoms with E-state index in [0.29, 0.717) is 17.7 Å². The molecule has 2 aliphatic rings. The summed E-state index contributed by atoms with van der Waals surface area (Å²) in [5, 5.41) is 0. The summed E-state index contributed by atoms with van der Waals surface area (Å²) in [5.41, 5.74) is 0. The van der Waals surface area contributed by atoms with Crippen molar-refractivity contribution in [3.63, 3.8) is 0 Å². The zero-order chi connectivity index (χ0) is 9.26. The monoisotopic (exact) mass is 181 g/mol. The number of hydrogen-bond acceptors (Lipinski definition) is 2. The topological polar surface area (TPSA) is 20.3 Å². The molecule has 0 aromatic rings. The summed E-state index contributed by atoms with van der Waals surface area (Å²) in [6, 6.07) is 0.577. The third-order valence-electron chi connectivity index (χ3n) is 3.64. The summed E-state index contributed by atoms with van der Waals surface area (Å²) >= 11 is 0. The molecular formula is C11H19NO. The van der Waals surface area contributed by atoms with Gasteiger partial charge in [-0.1, -0.05) is 6.42 Å². The Kier molecular flexibility index (Phi) is 2.68. The van der Waals surface area contributed by atoms with Crippen LogP contribution in [0.5, 0.6) is 0 Å². The van der Waals surface area contributed by atoms with Gasteiger partial charge in [0.25, 0.3) is 0 Å². The molecule has 2 unspecified atom stereocenters. The third-order valence-corrected chi connectivity index (χ3v) is 3.64. The first kappa shape index (κ1) is 9.20. The van der Waals surface area contributed by atoms with Gasteiger partial charge in [-0.15, -0.1) is 0 Å². The molecule has 0 spiro atoms. The molecule has 0 radical (unpaired) electrons. The predicted octanol–water partition coefficient (Wildman–Crippen LogP) is 1.84. The predicted molar refractivity (Wildman–Crippen MR) is 52.6 cm³/mol. The second-order valence-electron chi connectivity index (χ2n) is 4.51. The lowest BCUT2D eigenvalue weighted by Gasteiger charge is -2.30. The van der Waals surface area contributed by atoms with Gasteiger partial charge in [-0.05, 0) is 39.3 Å². The van der Waals surface area contributed by atoms with Crippen molar-refractivity contribution in [1.82, 2.24) is 4.90 Å². The van der Waals surface area contributed by atoms with Gasteiger partial charge < -0.3 is 4.90 Å². The Labute approximate surface area is 80.3 Å². The van der Waals surface area contributed by atoms with Crippen LogP contribution in [0.1, 0.15) is 38.5 Å². The Morgan fingerprint density at radius 1 is 1.23 bits per heavy atom. The van der Waals surface area contributed by atoms with E-state index in [9.17, 15) is 4.79 Å². The number of rotatable bonds is 1. The van der Waals surface area contributed by atoms with Crippen LogP contribution in [-0.2, 0) is 4.79 Å². The van der Waals surface area contributed by atoms with Crippen molar-refractivity contribution in [3.05, 3.63) is 0 Å². The number of nitrogens with zero attached hydrogens (tertiary/aromatic N) is 1. The highest BCUT2D eigenvalue weighted by atomic mass is 16.1. The average Bonchev–Trinajstić information content (AvgIpc) is 2.52. The molecule has 1 saturated heterocycles. The lowest BCUT2D eigenvalue weighted by Crippen LogP contribution is -2.38. The van der Waals surface area contributed by atoms with Gasteiger partial charge >= 0.3 is 0 Å². The molecule has 0 amide bonds. The summed E-state index contributed by atoms with van der Waals surface area (Å²) in [7, 11) is 2.17. The fraction of sp³-hybridized carbons (Fsp3) is 0.909. The SMILES string of the molecule is CN1CCCC1C1CCCCC1=O. The molecule has 2 atom stereocenters. The lowest BCUT2D eigenvalue weighted by atomic mass is 9.82. The summed E-state index contributed by atoms with van der Waals surface area (Å²) in [6.07, 6.45) is 6.91. The maximum absolute atomic E-state index is 11.7. The van der Waals surface area contributed by atoms with Crippen molar-refractivity contribution in [1.29, 1.82) is 0 Å². The lowest BCUT2D eigenvalue weighted by molar-refractivity contribution is -0.126. The number of hydrogen-bond donors (Lipinski definition) is 0. The molecule has 1 heterocycles. The van der Waals surface area contributed by atoms with Gasteiger partial charge in [0.15, 0.2) is 0 Å². The van der Waals surface area contributed by atoms with E-state index in [2.05, 4.69) is 11.9 Å². The van der Waals surface area contributed by atoms with E-state index in [4.69, 9.17) is 0 Å². The van der Waals surface area contributed by atoms with Crippen molar-refractivity contribution in [2.75, 3.05) is 13.6 Å². The largest absolute Gasteiger partial charge is 0.303 e. The Bertz CT molecular complexity index is 202. The molecule has 0 aromatic heterocycles. The molecule has 0 bridgehead atoms. The minimum absolute atomic E-state index is 0.376. The summed E-state index contributed by atoms with van der Waals surface area (Å²) in [5.74, 6) is 0.909. The van der Waals surface area contributed by atoms with Gasteiger partial charge in [-0.3, -0.25) is 4.79 Å². The van der Waals surface area contributed by atoms with Crippen LogP contribution < -0.4 is 0 Å². The molecular weight excluding hydrogens is 162 g/mol. The van der Waals surface area contributed by atoms with E-state index in [0.717, 1.165) is 19.3 Å². The van der Waals surface area contributed by atoms with Crippen LogP contribution in [0.4, 0.5) is 0 Å². The minimum atomic E-state index is 0.376. The molecule has 1 aliphatic heterocycles. The molecule has 13 heavy (non-hydrogen) atoms. The van der Waals surface area contributed by atoms with E-state index in [-0.39, 0.29) is 0 Å². The van der Waals surface area contributed by atoms with E-state index in [1.165, 1.54) is 25.8 Å². The van der Waals surface area contributed by atoms with Crippen LogP contribution in [0.15, 0.2) is 0 Å². The second kappa shape index (κ2) is 3.79. The van der Waals surface area contributed by atoms with Gasteiger partial charge in [0.1, 0.15) is 5.78 Å². The Morgan fingerprint density at radius 3 is 2.69 bits per heavy atom. The van der Waals surface area contributed by atoms with Crippen LogP contribution >= 0.6 is 0 Å². The Balaban J connectivity index is 2.01. The smallest absolute Gasteiger partial charge is 0.137 e. The highest BCUT2D eigenvalue weighted by molar-refractivity contribution is 5.82. The third kappa shape index (κ3) is 1.78. The number of carbonyl (C=O) groups is 1. The first-order chi connectivity index (χ1) is 6.29. The van der Waals surface area contributed by atoms with Gasteiger partial charge in [0.05, 0.1) is 0 Å². The van der Waals surface area contributed by atoms with Crippen molar-refractivity contribution >= 4 is 5.78 Å². The molecule has 1 saturated carbocycles. The van der Waals surface area contributed by atoms with E-state index < -0.39 is 0 Å². The molecule has 0 N–H and O–H groups in total. The van der Waals surface area contributed by atoms with Crippen LogP contribution in [0, 0.1) is 5.92 Å². The highest BCUT2D eigenvalue weighted by Crippen LogP contribution is 2.31. The van der Waals surface area contributed by atoms with Crippen molar-refractivity contribution < 1.29 is 4.79 Å². The molecule has 2 fully saturated rings. The molecule has 2 heteroatoms. The standard InChI is InChI=1S/C11H19NO/c1-12-8-4-6-10(12)9-5-2-3-7-11(9)13/h9-10H,2-8H2,1H3. The molecule has 2 nitrogen and oxygen atoms in total. The van der Waals surface area contributed by atoms with Crippen LogP contribution in [-0.4, -0.2) is 30.3 Å². The first-order valence-corrected chi connectivity index (χ1v) is 5.52. The Hall–Kier alpha value is -0.370. The quantitative estimate of drug-likeness (QED) is 0.615. The van der Waals surface area contributed by atoms with Crippen LogP contribution in [0.2, 0.25) is 0 Å². The highest BCUT2D eigenvalue weighted by Gasteiger charge is 2.34. The fourth-order valence-electron chi connectivity index (χ4n) is 2.86.